The van der Waals surface area contributed by atoms with Crippen molar-refractivity contribution in [2.24, 2.45) is 0 Å². The molecule has 0 aliphatic rings. The summed E-state index contributed by atoms with van der Waals surface area (Å²) < 4.78 is 0. The summed E-state index contributed by atoms with van der Waals surface area (Å²) in [7, 11) is 0. The highest BCUT2D eigenvalue weighted by Crippen LogP contribution is 2.16. The van der Waals surface area contributed by atoms with Gasteiger partial charge in [-0.15, -0.1) is 0 Å². The quantitative estimate of drug-likeness (QED) is 0.0422. The van der Waals surface area contributed by atoms with Crippen molar-refractivity contribution in [1.82, 2.24) is 5.32 Å². The van der Waals surface area contributed by atoms with Crippen LogP contribution in [0.25, 0.3) is 0 Å². The minimum Gasteiger partial charge on any atom is -0.394 e. The Balaban J connectivity index is 3.44. The van der Waals surface area contributed by atoms with E-state index in [1.54, 1.807) is 6.08 Å². The third kappa shape index (κ3) is 49.0. The van der Waals surface area contributed by atoms with Crippen LogP contribution in [0.5, 0.6) is 0 Å². The molecule has 0 rings (SSSR count). The topological polar surface area (TPSA) is 69.6 Å². The number of allylic oxidation sites excluding steroid dienone is 9. The van der Waals surface area contributed by atoms with Crippen molar-refractivity contribution in [3.8, 4) is 0 Å². The van der Waals surface area contributed by atoms with E-state index in [-0.39, 0.29) is 12.5 Å². The van der Waals surface area contributed by atoms with E-state index in [0.29, 0.717) is 6.42 Å². The van der Waals surface area contributed by atoms with Gasteiger partial charge < -0.3 is 15.5 Å². The standard InChI is InChI=1S/C57H105NO3/c1-3-5-7-9-11-13-15-17-18-19-20-21-22-23-24-25-26-27-28-29-30-31-32-33-34-35-36-37-38-39-40-41-43-45-47-49-51-53-57(61)58-55(54-59)56(60)52-50-48-46-44-42-16-14-12-10-8-6-4-2/h10,12,24-25,27-28,42,44,50,52,55-56,59-60H,3-9,11,13-23,26,29-41,43,45-49,51,53-54H2,1-2H3,(H,58,61)/b12-10+,25-24-,28-27-,44-42+,52-50+. The third-order valence-corrected chi connectivity index (χ3v) is 12.2. The summed E-state index contributed by atoms with van der Waals surface area (Å²) in [6, 6.07) is -0.645. The van der Waals surface area contributed by atoms with Crippen LogP contribution in [0.2, 0.25) is 0 Å². The van der Waals surface area contributed by atoms with E-state index in [4.69, 9.17) is 0 Å². The fourth-order valence-corrected chi connectivity index (χ4v) is 8.05. The van der Waals surface area contributed by atoms with E-state index in [1.165, 1.54) is 212 Å². The fourth-order valence-electron chi connectivity index (χ4n) is 8.05. The first kappa shape index (κ1) is 59.1. The van der Waals surface area contributed by atoms with E-state index >= 15 is 0 Å². The van der Waals surface area contributed by atoms with E-state index in [9.17, 15) is 15.0 Å². The van der Waals surface area contributed by atoms with Gasteiger partial charge in [0.25, 0.3) is 0 Å². The van der Waals surface area contributed by atoms with E-state index in [0.717, 1.165) is 44.9 Å². The van der Waals surface area contributed by atoms with Gasteiger partial charge in [0.05, 0.1) is 18.8 Å². The second-order valence-corrected chi connectivity index (χ2v) is 18.3. The Morgan fingerprint density at radius 2 is 0.705 bits per heavy atom. The highest BCUT2D eigenvalue weighted by molar-refractivity contribution is 5.76. The minimum absolute atomic E-state index is 0.0784. The molecular formula is C57H105NO3. The molecule has 356 valence electrons. The molecule has 0 fully saturated rings. The summed E-state index contributed by atoms with van der Waals surface area (Å²) in [6.45, 7) is 4.25. The van der Waals surface area contributed by atoms with Crippen LogP contribution in [0.3, 0.4) is 0 Å². The molecule has 0 aromatic carbocycles. The Morgan fingerprint density at radius 3 is 1.10 bits per heavy atom. The Labute approximate surface area is 381 Å². The van der Waals surface area contributed by atoms with Crippen LogP contribution in [-0.4, -0.2) is 34.9 Å². The van der Waals surface area contributed by atoms with Crippen LogP contribution in [0, 0.1) is 0 Å². The lowest BCUT2D eigenvalue weighted by Gasteiger charge is -2.19. The van der Waals surface area contributed by atoms with Gasteiger partial charge in [-0.1, -0.05) is 261 Å². The molecule has 0 spiro atoms. The van der Waals surface area contributed by atoms with Crippen LogP contribution in [-0.2, 0) is 4.79 Å². The average molecular weight is 852 g/mol. The third-order valence-electron chi connectivity index (χ3n) is 12.2. The summed E-state index contributed by atoms with van der Waals surface area (Å²) in [5, 5.41) is 23.0. The van der Waals surface area contributed by atoms with E-state index < -0.39 is 12.1 Å². The summed E-state index contributed by atoms with van der Waals surface area (Å²) in [5.41, 5.74) is 0. The number of hydrogen-bond donors (Lipinski definition) is 3. The molecular weight excluding hydrogens is 747 g/mol. The number of rotatable bonds is 49. The maximum Gasteiger partial charge on any atom is 0.220 e. The molecule has 61 heavy (non-hydrogen) atoms. The molecule has 0 bridgehead atoms. The maximum absolute atomic E-state index is 12.4. The normalized spacial score (nSPS) is 13.3. The van der Waals surface area contributed by atoms with Gasteiger partial charge in [-0.25, -0.2) is 0 Å². The molecule has 4 nitrogen and oxygen atoms in total. The highest BCUT2D eigenvalue weighted by atomic mass is 16.3. The van der Waals surface area contributed by atoms with E-state index in [1.807, 2.05) is 6.08 Å². The fraction of sp³-hybridized carbons (Fsp3) is 0.807. The van der Waals surface area contributed by atoms with Crippen molar-refractivity contribution in [2.75, 3.05) is 6.61 Å². The highest BCUT2D eigenvalue weighted by Gasteiger charge is 2.17. The second kappa shape index (κ2) is 52.4. The summed E-state index contributed by atoms with van der Waals surface area (Å²) in [6.07, 6.45) is 73.9. The zero-order valence-electron chi connectivity index (χ0n) is 40.9. The van der Waals surface area contributed by atoms with Gasteiger partial charge in [0.2, 0.25) is 5.91 Å². The molecule has 0 aromatic heterocycles. The molecule has 2 atom stereocenters. The average Bonchev–Trinajstić information content (AvgIpc) is 3.26. The lowest BCUT2D eigenvalue weighted by atomic mass is 10.0. The monoisotopic (exact) mass is 852 g/mol. The minimum atomic E-state index is -0.870. The van der Waals surface area contributed by atoms with E-state index in [2.05, 4.69) is 67.8 Å². The summed E-state index contributed by atoms with van der Waals surface area (Å²) in [4.78, 5) is 12.4. The zero-order valence-corrected chi connectivity index (χ0v) is 40.9. The molecule has 0 saturated heterocycles. The van der Waals surface area contributed by atoms with Crippen LogP contribution in [0.1, 0.15) is 277 Å². The number of amides is 1. The summed E-state index contributed by atoms with van der Waals surface area (Å²) in [5.74, 6) is -0.0784. The predicted octanol–water partition coefficient (Wildman–Crippen LogP) is 17.6. The van der Waals surface area contributed by atoms with Crippen LogP contribution >= 0.6 is 0 Å². The number of carbonyl (C=O) groups excluding carboxylic acids is 1. The number of hydrogen-bond acceptors (Lipinski definition) is 3. The number of carbonyl (C=O) groups is 1. The molecule has 0 aliphatic carbocycles. The smallest absolute Gasteiger partial charge is 0.220 e. The molecule has 0 aromatic rings. The molecule has 0 aliphatic heterocycles. The first-order valence-electron chi connectivity index (χ1n) is 27.0. The van der Waals surface area contributed by atoms with Gasteiger partial charge in [0.1, 0.15) is 0 Å². The van der Waals surface area contributed by atoms with Crippen molar-refractivity contribution in [2.45, 2.75) is 289 Å². The first-order chi connectivity index (χ1) is 30.2. The molecule has 0 saturated carbocycles. The Kier molecular flexibility index (Phi) is 50.8. The number of aliphatic hydroxyl groups excluding tert-OH is 2. The maximum atomic E-state index is 12.4. The Hall–Kier alpha value is -1.91. The Bertz CT molecular complexity index is 1010. The Morgan fingerprint density at radius 1 is 0.393 bits per heavy atom. The van der Waals surface area contributed by atoms with Crippen molar-refractivity contribution >= 4 is 5.91 Å². The first-order valence-corrected chi connectivity index (χ1v) is 27.0. The predicted molar refractivity (Wildman–Crippen MR) is 271 cm³/mol. The number of nitrogens with one attached hydrogen (secondary N) is 1. The number of unbranched alkanes of at least 4 members (excludes halogenated alkanes) is 34. The van der Waals surface area contributed by atoms with Gasteiger partial charge >= 0.3 is 0 Å². The van der Waals surface area contributed by atoms with Gasteiger partial charge in [0.15, 0.2) is 0 Å². The summed E-state index contributed by atoms with van der Waals surface area (Å²) >= 11 is 0. The van der Waals surface area contributed by atoms with Crippen LogP contribution in [0.15, 0.2) is 60.8 Å². The molecule has 0 radical (unpaired) electrons. The van der Waals surface area contributed by atoms with Crippen molar-refractivity contribution in [1.29, 1.82) is 0 Å². The van der Waals surface area contributed by atoms with Gasteiger partial charge in [-0.3, -0.25) is 4.79 Å². The molecule has 2 unspecified atom stereocenters. The zero-order chi connectivity index (χ0) is 44.2. The van der Waals surface area contributed by atoms with Gasteiger partial charge in [-0.2, -0.15) is 0 Å². The molecule has 0 heterocycles. The second-order valence-electron chi connectivity index (χ2n) is 18.3. The lowest BCUT2D eigenvalue weighted by molar-refractivity contribution is -0.123. The van der Waals surface area contributed by atoms with Gasteiger partial charge in [0, 0.05) is 6.42 Å². The SMILES string of the molecule is CCCC/C=C/CC/C=C/CC/C=C/C(O)C(CO)NC(=O)CCCCCCCCCCCCCCCCCCC/C=C\C/C=C\CCCCCCCCCCCCCCC. The molecule has 3 N–H and O–H groups in total. The van der Waals surface area contributed by atoms with Crippen molar-refractivity contribution in [3.63, 3.8) is 0 Å². The van der Waals surface area contributed by atoms with Crippen molar-refractivity contribution in [3.05, 3.63) is 60.8 Å². The van der Waals surface area contributed by atoms with Crippen molar-refractivity contribution < 1.29 is 15.0 Å². The lowest BCUT2D eigenvalue weighted by Crippen LogP contribution is -2.45. The number of aliphatic hydroxyl groups is 2. The van der Waals surface area contributed by atoms with Crippen LogP contribution < -0.4 is 5.32 Å². The molecule has 1 amide bonds. The van der Waals surface area contributed by atoms with Crippen LogP contribution in [0.4, 0.5) is 0 Å². The van der Waals surface area contributed by atoms with Gasteiger partial charge in [-0.05, 0) is 70.6 Å². The molecule has 4 heteroatoms. The largest absolute Gasteiger partial charge is 0.394 e.